The zero-order valence-electron chi connectivity index (χ0n) is 11.1. The summed E-state index contributed by atoms with van der Waals surface area (Å²) in [6, 6.07) is 8.01. The number of nitrogens with two attached hydrogens (primary N) is 1. The van der Waals surface area contributed by atoms with Gasteiger partial charge < -0.3 is 10.5 Å². The van der Waals surface area contributed by atoms with Gasteiger partial charge in [-0.1, -0.05) is 24.7 Å². The van der Waals surface area contributed by atoms with Gasteiger partial charge in [-0.2, -0.15) is 0 Å². The van der Waals surface area contributed by atoms with Crippen LogP contribution in [0.5, 0.6) is 5.75 Å². The van der Waals surface area contributed by atoms with Crippen LogP contribution in [0, 0.1) is 0 Å². The number of aromatic nitrogens is 2. The number of hydrogen-bond donors (Lipinski definition) is 1. The summed E-state index contributed by atoms with van der Waals surface area (Å²) >= 11 is 1.59. The second kappa shape index (κ2) is 7.21. The monoisotopic (exact) mass is 277 g/mol. The van der Waals surface area contributed by atoms with E-state index >= 15 is 0 Å². The SMILES string of the molecule is CCCCOc1ccc(-c2nnc(CCN)s2)cc1. The van der Waals surface area contributed by atoms with Gasteiger partial charge in [-0.05, 0) is 37.2 Å². The summed E-state index contributed by atoms with van der Waals surface area (Å²) in [5, 5.41) is 10.2. The largest absolute Gasteiger partial charge is 0.494 e. The summed E-state index contributed by atoms with van der Waals surface area (Å²) in [6.07, 6.45) is 3.02. The van der Waals surface area contributed by atoms with Crippen LogP contribution in [0.3, 0.4) is 0 Å². The van der Waals surface area contributed by atoms with Crippen molar-refractivity contribution in [1.82, 2.24) is 10.2 Å². The molecule has 1 aromatic carbocycles. The Morgan fingerprint density at radius 3 is 2.68 bits per heavy atom. The normalized spacial score (nSPS) is 10.6. The van der Waals surface area contributed by atoms with E-state index in [1.54, 1.807) is 11.3 Å². The Kier molecular flexibility index (Phi) is 5.30. The maximum absolute atomic E-state index is 5.63. The van der Waals surface area contributed by atoms with Crippen molar-refractivity contribution >= 4 is 11.3 Å². The van der Waals surface area contributed by atoms with Crippen molar-refractivity contribution < 1.29 is 4.74 Å². The summed E-state index contributed by atoms with van der Waals surface area (Å²) in [7, 11) is 0. The summed E-state index contributed by atoms with van der Waals surface area (Å²) < 4.78 is 5.63. The third-order valence-electron chi connectivity index (χ3n) is 2.69. The molecule has 0 fully saturated rings. The molecule has 1 heterocycles. The van der Waals surface area contributed by atoms with Crippen molar-refractivity contribution in [3.63, 3.8) is 0 Å². The summed E-state index contributed by atoms with van der Waals surface area (Å²) in [6.45, 7) is 3.54. The molecule has 4 nitrogen and oxygen atoms in total. The molecule has 2 N–H and O–H groups in total. The van der Waals surface area contributed by atoms with E-state index in [-0.39, 0.29) is 0 Å². The topological polar surface area (TPSA) is 61.0 Å². The highest BCUT2D eigenvalue weighted by Crippen LogP contribution is 2.25. The second-order valence-corrected chi connectivity index (χ2v) is 5.33. The van der Waals surface area contributed by atoms with E-state index in [0.717, 1.165) is 47.2 Å². The lowest BCUT2D eigenvalue weighted by molar-refractivity contribution is 0.309. The van der Waals surface area contributed by atoms with Crippen molar-refractivity contribution in [2.45, 2.75) is 26.2 Å². The Balaban J connectivity index is 2.00. The fourth-order valence-corrected chi connectivity index (χ4v) is 2.48. The van der Waals surface area contributed by atoms with Crippen LogP contribution in [-0.2, 0) is 6.42 Å². The maximum atomic E-state index is 5.63. The first-order valence-corrected chi connectivity index (χ1v) is 7.41. The highest BCUT2D eigenvalue weighted by Gasteiger charge is 2.06. The number of rotatable bonds is 7. The van der Waals surface area contributed by atoms with Gasteiger partial charge in [-0.3, -0.25) is 0 Å². The molecule has 19 heavy (non-hydrogen) atoms. The van der Waals surface area contributed by atoms with Gasteiger partial charge in [0.1, 0.15) is 15.8 Å². The molecule has 1 aromatic heterocycles. The smallest absolute Gasteiger partial charge is 0.147 e. The van der Waals surface area contributed by atoms with Crippen molar-refractivity contribution in [2.75, 3.05) is 13.2 Å². The molecule has 0 aliphatic heterocycles. The first-order chi connectivity index (χ1) is 9.33. The van der Waals surface area contributed by atoms with Crippen LogP contribution < -0.4 is 10.5 Å². The van der Waals surface area contributed by atoms with E-state index in [1.165, 1.54) is 0 Å². The number of benzene rings is 1. The van der Waals surface area contributed by atoms with E-state index in [4.69, 9.17) is 10.5 Å². The van der Waals surface area contributed by atoms with E-state index in [0.29, 0.717) is 6.54 Å². The van der Waals surface area contributed by atoms with Gasteiger partial charge in [-0.25, -0.2) is 0 Å². The Morgan fingerprint density at radius 2 is 2.00 bits per heavy atom. The van der Waals surface area contributed by atoms with Gasteiger partial charge in [0.2, 0.25) is 0 Å². The minimum Gasteiger partial charge on any atom is -0.494 e. The lowest BCUT2D eigenvalue weighted by atomic mass is 10.2. The zero-order valence-corrected chi connectivity index (χ0v) is 11.9. The van der Waals surface area contributed by atoms with Crippen LogP contribution in [0.2, 0.25) is 0 Å². The molecule has 2 aromatic rings. The Hall–Kier alpha value is -1.46. The van der Waals surface area contributed by atoms with Gasteiger partial charge in [0.15, 0.2) is 0 Å². The van der Waals surface area contributed by atoms with Crippen molar-refractivity contribution in [2.24, 2.45) is 5.73 Å². The van der Waals surface area contributed by atoms with Gasteiger partial charge in [0, 0.05) is 12.0 Å². The molecule has 0 aliphatic rings. The Bertz CT molecular complexity index is 496. The second-order valence-electron chi connectivity index (χ2n) is 4.27. The molecule has 5 heteroatoms. The zero-order chi connectivity index (χ0) is 13.5. The van der Waals surface area contributed by atoms with Crippen LogP contribution >= 0.6 is 11.3 Å². The fraction of sp³-hybridized carbons (Fsp3) is 0.429. The van der Waals surface area contributed by atoms with Crippen molar-refractivity contribution in [1.29, 1.82) is 0 Å². The average molecular weight is 277 g/mol. The lowest BCUT2D eigenvalue weighted by Gasteiger charge is -2.05. The standard InChI is InChI=1S/C14H19N3OS/c1-2-3-10-18-12-6-4-11(5-7-12)14-17-16-13(19-14)8-9-15/h4-7H,2-3,8-10,15H2,1H3. The third-order valence-corrected chi connectivity index (χ3v) is 3.73. The highest BCUT2D eigenvalue weighted by molar-refractivity contribution is 7.14. The minimum absolute atomic E-state index is 0.610. The quantitative estimate of drug-likeness (QED) is 0.790. The van der Waals surface area contributed by atoms with Crippen LogP contribution in [0.15, 0.2) is 24.3 Å². The molecular weight excluding hydrogens is 258 g/mol. The number of ether oxygens (including phenoxy) is 1. The predicted molar refractivity (Wildman–Crippen MR) is 78.5 cm³/mol. The molecule has 0 aliphatic carbocycles. The number of hydrogen-bond acceptors (Lipinski definition) is 5. The molecule has 0 unspecified atom stereocenters. The molecule has 0 saturated carbocycles. The van der Waals surface area contributed by atoms with Crippen LogP contribution in [0.1, 0.15) is 24.8 Å². The molecule has 0 saturated heterocycles. The van der Waals surface area contributed by atoms with Gasteiger partial charge >= 0.3 is 0 Å². The first-order valence-electron chi connectivity index (χ1n) is 6.59. The van der Waals surface area contributed by atoms with Gasteiger partial charge in [0.05, 0.1) is 6.61 Å². The van der Waals surface area contributed by atoms with Gasteiger partial charge in [-0.15, -0.1) is 10.2 Å². The average Bonchev–Trinajstić information content (AvgIpc) is 2.89. The van der Waals surface area contributed by atoms with E-state index in [2.05, 4.69) is 17.1 Å². The molecule has 0 bridgehead atoms. The number of nitrogens with zero attached hydrogens (tertiary/aromatic N) is 2. The summed E-state index contributed by atoms with van der Waals surface area (Å²) in [5.41, 5.74) is 6.58. The lowest BCUT2D eigenvalue weighted by Crippen LogP contribution is -2.01. The van der Waals surface area contributed by atoms with Crippen molar-refractivity contribution in [3.05, 3.63) is 29.3 Å². The minimum atomic E-state index is 0.610. The number of unbranched alkanes of at least 4 members (excludes halogenated alkanes) is 1. The van der Waals surface area contributed by atoms with E-state index in [1.807, 2.05) is 24.3 Å². The summed E-state index contributed by atoms with van der Waals surface area (Å²) in [5.74, 6) is 0.906. The van der Waals surface area contributed by atoms with Crippen LogP contribution in [0.4, 0.5) is 0 Å². The first kappa shape index (κ1) is 14.0. The Morgan fingerprint density at radius 1 is 1.21 bits per heavy atom. The molecular formula is C14H19N3OS. The molecule has 0 atom stereocenters. The molecule has 0 spiro atoms. The molecule has 0 amide bonds. The van der Waals surface area contributed by atoms with Crippen molar-refractivity contribution in [3.8, 4) is 16.3 Å². The third kappa shape index (κ3) is 4.01. The van der Waals surface area contributed by atoms with Crippen LogP contribution in [0.25, 0.3) is 10.6 Å². The Labute approximate surface area is 117 Å². The molecule has 102 valence electrons. The van der Waals surface area contributed by atoms with E-state index < -0.39 is 0 Å². The van der Waals surface area contributed by atoms with Gasteiger partial charge in [0.25, 0.3) is 0 Å². The van der Waals surface area contributed by atoms with E-state index in [9.17, 15) is 0 Å². The molecule has 2 rings (SSSR count). The van der Waals surface area contributed by atoms with Crippen LogP contribution in [-0.4, -0.2) is 23.3 Å². The fourth-order valence-electron chi connectivity index (χ4n) is 1.62. The summed E-state index contributed by atoms with van der Waals surface area (Å²) in [4.78, 5) is 0. The molecule has 0 radical (unpaired) electrons. The highest BCUT2D eigenvalue weighted by atomic mass is 32.1. The maximum Gasteiger partial charge on any atom is 0.147 e. The predicted octanol–water partition coefficient (Wildman–Crippen LogP) is 2.89.